The topological polar surface area (TPSA) is 25.8 Å². The van der Waals surface area contributed by atoms with Gasteiger partial charge in [0.25, 0.3) is 0 Å². The number of halogens is 2. The minimum atomic E-state index is -0.560. The normalized spacial score (nSPS) is 10.5. The van der Waals surface area contributed by atoms with E-state index in [0.717, 1.165) is 0 Å². The van der Waals surface area contributed by atoms with Gasteiger partial charge in [-0.3, -0.25) is 4.98 Å². The van der Waals surface area contributed by atoms with Crippen LogP contribution < -0.4 is 0 Å². The summed E-state index contributed by atoms with van der Waals surface area (Å²) in [7, 11) is 0. The second-order valence-corrected chi connectivity index (χ2v) is 2.66. The number of fused-ring (bicyclic) bond motifs is 1. The molecular weight excluding hydrogens is 179 g/mol. The van der Waals surface area contributed by atoms with Crippen LogP contribution in [-0.4, -0.2) is 9.97 Å². The Morgan fingerprint density at radius 2 is 2.17 bits per heavy atom. The molecule has 4 heteroatoms. The summed E-state index contributed by atoms with van der Waals surface area (Å²) in [6.07, 6.45) is 3.01. The van der Waals surface area contributed by atoms with E-state index in [1.165, 1.54) is 12.4 Å². The van der Waals surface area contributed by atoms with Crippen LogP contribution in [0.15, 0.2) is 24.5 Å². The van der Waals surface area contributed by atoms with Crippen molar-refractivity contribution < 1.29 is 4.39 Å². The van der Waals surface area contributed by atoms with Crippen LogP contribution in [0.3, 0.4) is 0 Å². The van der Waals surface area contributed by atoms with Crippen molar-refractivity contribution in [2.24, 2.45) is 0 Å². The molecule has 0 aromatic carbocycles. The molecule has 0 N–H and O–H groups in total. The molecule has 2 aromatic rings. The number of hydrogen-bond donors (Lipinski definition) is 0. The van der Waals surface area contributed by atoms with Crippen LogP contribution in [0.1, 0.15) is 0 Å². The summed E-state index contributed by atoms with van der Waals surface area (Å²) in [6, 6.07) is 3.45. The zero-order chi connectivity index (χ0) is 8.55. The fourth-order valence-corrected chi connectivity index (χ4v) is 1.12. The summed E-state index contributed by atoms with van der Waals surface area (Å²) in [5, 5.41) is 0.514. The van der Waals surface area contributed by atoms with Crippen molar-refractivity contribution >= 4 is 22.5 Å². The first kappa shape index (κ1) is 7.43. The van der Waals surface area contributed by atoms with Gasteiger partial charge in [-0.1, -0.05) is 11.6 Å². The summed E-state index contributed by atoms with van der Waals surface area (Å²) in [5.41, 5.74) is 0.262. The van der Waals surface area contributed by atoms with E-state index < -0.39 is 5.82 Å². The van der Waals surface area contributed by atoms with Crippen LogP contribution in [0.4, 0.5) is 4.39 Å². The molecule has 2 aromatic heterocycles. The average molecular weight is 183 g/mol. The third-order valence-corrected chi connectivity index (χ3v) is 1.81. The Hall–Kier alpha value is -1.22. The van der Waals surface area contributed by atoms with Crippen LogP contribution in [0.25, 0.3) is 10.9 Å². The van der Waals surface area contributed by atoms with Gasteiger partial charge in [-0.2, -0.15) is 0 Å². The van der Waals surface area contributed by atoms with Gasteiger partial charge in [0.15, 0.2) is 11.0 Å². The van der Waals surface area contributed by atoms with Crippen molar-refractivity contribution in [2.45, 2.75) is 0 Å². The van der Waals surface area contributed by atoms with Gasteiger partial charge >= 0.3 is 0 Å². The molecule has 0 aliphatic rings. The highest BCUT2D eigenvalue weighted by molar-refractivity contribution is 6.30. The van der Waals surface area contributed by atoms with Crippen molar-refractivity contribution in [3.63, 3.8) is 0 Å². The molecule has 2 nitrogen and oxygen atoms in total. The first-order valence-corrected chi connectivity index (χ1v) is 3.71. The molecule has 2 rings (SSSR count). The van der Waals surface area contributed by atoms with E-state index in [2.05, 4.69) is 9.97 Å². The summed E-state index contributed by atoms with van der Waals surface area (Å²) in [5.74, 6) is -0.560. The largest absolute Gasteiger partial charge is 0.253 e. The third-order valence-electron chi connectivity index (χ3n) is 1.54. The zero-order valence-corrected chi connectivity index (χ0v) is 6.72. The fraction of sp³-hybridized carbons (Fsp3) is 0. The van der Waals surface area contributed by atoms with Crippen LogP contribution in [0.5, 0.6) is 0 Å². The Kier molecular flexibility index (Phi) is 1.66. The molecule has 0 aliphatic heterocycles. The van der Waals surface area contributed by atoms with E-state index in [-0.39, 0.29) is 10.7 Å². The summed E-state index contributed by atoms with van der Waals surface area (Å²) in [4.78, 5) is 7.50. The number of hydrogen-bond acceptors (Lipinski definition) is 2. The Bertz CT molecular complexity index is 430. The Balaban J connectivity index is 2.91. The molecule has 0 atom stereocenters. The van der Waals surface area contributed by atoms with Gasteiger partial charge in [-0.05, 0) is 12.1 Å². The van der Waals surface area contributed by atoms with Crippen molar-refractivity contribution in [3.05, 3.63) is 35.5 Å². The molecule has 0 fully saturated rings. The molecule has 0 saturated heterocycles. The Morgan fingerprint density at radius 1 is 1.33 bits per heavy atom. The van der Waals surface area contributed by atoms with Gasteiger partial charge in [-0.25, -0.2) is 9.37 Å². The van der Waals surface area contributed by atoms with Crippen molar-refractivity contribution in [3.8, 4) is 0 Å². The lowest BCUT2D eigenvalue weighted by Gasteiger charge is -1.97. The smallest absolute Gasteiger partial charge is 0.186 e. The highest BCUT2D eigenvalue weighted by atomic mass is 35.5. The summed E-state index contributed by atoms with van der Waals surface area (Å²) >= 11 is 5.46. The molecule has 0 amide bonds. The highest BCUT2D eigenvalue weighted by Crippen LogP contribution is 2.19. The molecule has 0 radical (unpaired) electrons. The van der Waals surface area contributed by atoms with E-state index in [4.69, 9.17) is 11.6 Å². The predicted molar refractivity (Wildman–Crippen MR) is 44.5 cm³/mol. The monoisotopic (exact) mass is 182 g/mol. The number of pyridine rings is 2. The molecule has 2 heterocycles. The number of rotatable bonds is 0. The van der Waals surface area contributed by atoms with E-state index in [0.29, 0.717) is 5.39 Å². The second-order valence-electron chi connectivity index (χ2n) is 2.30. The number of nitrogens with zero attached hydrogens (tertiary/aromatic N) is 2. The molecule has 0 saturated carbocycles. The molecule has 0 spiro atoms. The van der Waals surface area contributed by atoms with E-state index in [1.54, 1.807) is 12.1 Å². The van der Waals surface area contributed by atoms with Crippen molar-refractivity contribution in [1.29, 1.82) is 0 Å². The van der Waals surface area contributed by atoms with E-state index in [9.17, 15) is 4.39 Å². The Labute approximate surface area is 73.0 Å². The lowest BCUT2D eigenvalue weighted by molar-refractivity contribution is 0.631. The maximum absolute atomic E-state index is 13.1. The minimum Gasteiger partial charge on any atom is -0.253 e. The summed E-state index contributed by atoms with van der Waals surface area (Å²) < 4.78 is 13.1. The van der Waals surface area contributed by atoms with Gasteiger partial charge in [0, 0.05) is 17.8 Å². The third kappa shape index (κ3) is 1.02. The first-order chi connectivity index (χ1) is 5.79. The van der Waals surface area contributed by atoms with Gasteiger partial charge < -0.3 is 0 Å². The van der Waals surface area contributed by atoms with Gasteiger partial charge in [0.2, 0.25) is 0 Å². The SMILES string of the molecule is Fc1c(Cl)ncc2cccnc12. The molecule has 0 bridgehead atoms. The van der Waals surface area contributed by atoms with Crippen LogP contribution in [-0.2, 0) is 0 Å². The predicted octanol–water partition coefficient (Wildman–Crippen LogP) is 2.42. The van der Waals surface area contributed by atoms with E-state index in [1.807, 2.05) is 0 Å². The first-order valence-electron chi connectivity index (χ1n) is 3.34. The maximum Gasteiger partial charge on any atom is 0.186 e. The van der Waals surface area contributed by atoms with Gasteiger partial charge in [0.05, 0.1) is 0 Å². The van der Waals surface area contributed by atoms with Crippen LogP contribution in [0, 0.1) is 5.82 Å². The standard InChI is InChI=1S/C8H4ClFN2/c9-8-6(10)7-5(4-12-8)2-1-3-11-7/h1-4H. The van der Waals surface area contributed by atoms with Crippen LogP contribution in [0.2, 0.25) is 5.15 Å². The fourth-order valence-electron chi connectivity index (χ4n) is 0.986. The quantitative estimate of drug-likeness (QED) is 0.585. The zero-order valence-electron chi connectivity index (χ0n) is 5.96. The molecule has 0 aliphatic carbocycles. The second kappa shape index (κ2) is 2.68. The average Bonchev–Trinajstić information content (AvgIpc) is 2.12. The summed E-state index contributed by atoms with van der Waals surface area (Å²) in [6.45, 7) is 0. The molecule has 0 unspecified atom stereocenters. The molecule has 60 valence electrons. The lowest BCUT2D eigenvalue weighted by atomic mass is 10.3. The minimum absolute atomic E-state index is 0.138. The highest BCUT2D eigenvalue weighted by Gasteiger charge is 2.06. The van der Waals surface area contributed by atoms with Crippen LogP contribution >= 0.6 is 11.6 Å². The molecular formula is C8H4ClFN2. The van der Waals surface area contributed by atoms with Crippen molar-refractivity contribution in [1.82, 2.24) is 9.97 Å². The Morgan fingerprint density at radius 3 is 3.00 bits per heavy atom. The van der Waals surface area contributed by atoms with Gasteiger partial charge in [-0.15, -0.1) is 0 Å². The van der Waals surface area contributed by atoms with E-state index >= 15 is 0 Å². The molecule has 12 heavy (non-hydrogen) atoms. The maximum atomic E-state index is 13.1. The van der Waals surface area contributed by atoms with Crippen molar-refractivity contribution in [2.75, 3.05) is 0 Å². The van der Waals surface area contributed by atoms with Gasteiger partial charge in [0.1, 0.15) is 5.52 Å². The lowest BCUT2D eigenvalue weighted by Crippen LogP contribution is -1.87. The number of aromatic nitrogens is 2.